The molecule has 0 aromatic heterocycles. The van der Waals surface area contributed by atoms with Crippen LogP contribution >= 0.6 is 0 Å². The van der Waals surface area contributed by atoms with Crippen LogP contribution in [-0.2, 0) is 4.74 Å². The van der Waals surface area contributed by atoms with E-state index in [0.29, 0.717) is 11.5 Å². The topological polar surface area (TPSA) is 50.4 Å². The maximum Gasteiger partial charge on any atom is 0.251 e. The largest absolute Gasteiger partial charge is 0.385 e. The number of hydrogen-bond acceptors (Lipinski definition) is 3. The fourth-order valence-corrected chi connectivity index (χ4v) is 2.34. The molecule has 4 nitrogen and oxygen atoms in total. The molecule has 0 saturated carbocycles. The van der Waals surface area contributed by atoms with E-state index < -0.39 is 0 Å². The molecule has 1 unspecified atom stereocenters. The lowest BCUT2D eigenvalue weighted by molar-refractivity contribution is 0.0595. The first-order valence-corrected chi connectivity index (χ1v) is 7.49. The number of carbonyl (C=O) groups excluding carboxylic acids is 1. The Morgan fingerprint density at radius 2 is 2.35 bits per heavy atom. The van der Waals surface area contributed by atoms with Crippen molar-refractivity contribution >= 4 is 11.6 Å². The van der Waals surface area contributed by atoms with Gasteiger partial charge in [-0.05, 0) is 43.4 Å². The van der Waals surface area contributed by atoms with Crippen molar-refractivity contribution in [2.45, 2.75) is 26.2 Å². The van der Waals surface area contributed by atoms with Crippen LogP contribution in [0, 0.1) is 5.92 Å². The van der Waals surface area contributed by atoms with Gasteiger partial charge in [0.25, 0.3) is 5.91 Å². The highest BCUT2D eigenvalue weighted by atomic mass is 16.5. The van der Waals surface area contributed by atoms with Crippen LogP contribution in [-0.4, -0.2) is 32.2 Å². The number of nitrogens with one attached hydrogen (secondary N) is 2. The minimum absolute atomic E-state index is 0.00324. The first kappa shape index (κ1) is 14.9. The molecule has 110 valence electrons. The predicted molar refractivity (Wildman–Crippen MR) is 81.1 cm³/mol. The van der Waals surface area contributed by atoms with Crippen LogP contribution < -0.4 is 10.6 Å². The molecule has 1 amide bonds. The Kier molecular flexibility index (Phi) is 5.87. The Balaban J connectivity index is 1.86. The Morgan fingerprint density at radius 1 is 1.45 bits per heavy atom. The summed E-state index contributed by atoms with van der Waals surface area (Å²) < 4.78 is 5.47. The molecular weight excluding hydrogens is 252 g/mol. The summed E-state index contributed by atoms with van der Waals surface area (Å²) in [4.78, 5) is 11.9. The monoisotopic (exact) mass is 276 g/mol. The third-order valence-electron chi connectivity index (χ3n) is 3.51. The zero-order valence-corrected chi connectivity index (χ0v) is 12.2. The van der Waals surface area contributed by atoms with E-state index in [9.17, 15) is 4.79 Å². The van der Waals surface area contributed by atoms with Crippen LogP contribution in [0.4, 0.5) is 5.69 Å². The first-order valence-electron chi connectivity index (χ1n) is 7.49. The third kappa shape index (κ3) is 4.53. The van der Waals surface area contributed by atoms with Gasteiger partial charge in [-0.2, -0.15) is 0 Å². The summed E-state index contributed by atoms with van der Waals surface area (Å²) >= 11 is 0. The highest BCUT2D eigenvalue weighted by Gasteiger charge is 2.13. The van der Waals surface area contributed by atoms with E-state index in [0.717, 1.165) is 44.8 Å². The fourth-order valence-electron chi connectivity index (χ4n) is 2.34. The average molecular weight is 276 g/mol. The van der Waals surface area contributed by atoms with E-state index in [1.54, 1.807) is 0 Å². The van der Waals surface area contributed by atoms with Crippen molar-refractivity contribution in [2.75, 3.05) is 31.6 Å². The van der Waals surface area contributed by atoms with Crippen LogP contribution in [0.3, 0.4) is 0 Å². The highest BCUT2D eigenvalue weighted by molar-refractivity contribution is 5.95. The van der Waals surface area contributed by atoms with E-state index in [4.69, 9.17) is 4.74 Å². The van der Waals surface area contributed by atoms with Crippen molar-refractivity contribution in [3.63, 3.8) is 0 Å². The molecule has 1 heterocycles. The maximum atomic E-state index is 11.9. The fraction of sp³-hybridized carbons (Fsp3) is 0.562. The normalized spacial score (nSPS) is 18.6. The molecule has 0 radical (unpaired) electrons. The van der Waals surface area contributed by atoms with Gasteiger partial charge in [0, 0.05) is 30.9 Å². The zero-order chi connectivity index (χ0) is 14.2. The van der Waals surface area contributed by atoms with Gasteiger partial charge in [-0.1, -0.05) is 13.0 Å². The summed E-state index contributed by atoms with van der Waals surface area (Å²) in [6.45, 7) is 5.40. The standard InChI is InChI=1S/C16H24N2O2/c1-2-8-17-16(19)14-6-3-7-15(10-14)18-11-13-5-4-9-20-12-13/h3,6-7,10,13,18H,2,4-5,8-9,11-12H2,1H3,(H,17,19). The van der Waals surface area contributed by atoms with Gasteiger partial charge < -0.3 is 15.4 Å². The molecule has 1 fully saturated rings. The minimum Gasteiger partial charge on any atom is -0.385 e. The molecule has 1 aromatic rings. The van der Waals surface area contributed by atoms with E-state index >= 15 is 0 Å². The van der Waals surface area contributed by atoms with Gasteiger partial charge in [0.1, 0.15) is 0 Å². The Labute approximate surface area is 120 Å². The Hall–Kier alpha value is -1.55. The number of amides is 1. The molecular formula is C16H24N2O2. The number of benzene rings is 1. The van der Waals surface area contributed by atoms with Gasteiger partial charge in [0.05, 0.1) is 6.61 Å². The number of carbonyl (C=O) groups is 1. The van der Waals surface area contributed by atoms with Crippen molar-refractivity contribution in [3.8, 4) is 0 Å². The summed E-state index contributed by atoms with van der Waals surface area (Å²) in [6, 6.07) is 7.68. The van der Waals surface area contributed by atoms with Crippen molar-refractivity contribution < 1.29 is 9.53 Å². The van der Waals surface area contributed by atoms with Crippen LogP contribution in [0.5, 0.6) is 0 Å². The van der Waals surface area contributed by atoms with E-state index in [1.807, 2.05) is 31.2 Å². The summed E-state index contributed by atoms with van der Waals surface area (Å²) in [5, 5.41) is 6.30. The average Bonchev–Trinajstić information content (AvgIpc) is 2.52. The Bertz CT molecular complexity index is 428. The van der Waals surface area contributed by atoms with Crippen molar-refractivity contribution in [1.82, 2.24) is 5.32 Å². The maximum absolute atomic E-state index is 11.9. The number of anilines is 1. The predicted octanol–water partition coefficient (Wildman–Crippen LogP) is 2.66. The van der Waals surface area contributed by atoms with Gasteiger partial charge >= 0.3 is 0 Å². The van der Waals surface area contributed by atoms with Crippen LogP contribution in [0.2, 0.25) is 0 Å². The molecule has 1 aromatic carbocycles. The van der Waals surface area contributed by atoms with Crippen LogP contribution in [0.1, 0.15) is 36.5 Å². The molecule has 1 aliphatic heterocycles. The molecule has 0 spiro atoms. The van der Waals surface area contributed by atoms with Gasteiger partial charge in [-0.25, -0.2) is 0 Å². The van der Waals surface area contributed by atoms with Crippen molar-refractivity contribution in [2.24, 2.45) is 5.92 Å². The summed E-state index contributed by atoms with van der Waals surface area (Å²) in [6.07, 6.45) is 3.31. The lowest BCUT2D eigenvalue weighted by atomic mass is 10.0. The zero-order valence-electron chi connectivity index (χ0n) is 12.2. The second kappa shape index (κ2) is 7.90. The Morgan fingerprint density at radius 3 is 3.10 bits per heavy atom. The molecule has 4 heteroatoms. The van der Waals surface area contributed by atoms with E-state index in [2.05, 4.69) is 10.6 Å². The summed E-state index contributed by atoms with van der Waals surface area (Å²) in [5.41, 5.74) is 1.71. The molecule has 1 aliphatic rings. The minimum atomic E-state index is -0.00324. The third-order valence-corrected chi connectivity index (χ3v) is 3.51. The van der Waals surface area contributed by atoms with Crippen LogP contribution in [0.25, 0.3) is 0 Å². The first-order chi connectivity index (χ1) is 9.79. The summed E-state index contributed by atoms with van der Waals surface area (Å²) in [7, 11) is 0. The smallest absolute Gasteiger partial charge is 0.251 e. The molecule has 0 bridgehead atoms. The second-order valence-electron chi connectivity index (χ2n) is 5.30. The van der Waals surface area contributed by atoms with E-state index in [1.165, 1.54) is 6.42 Å². The lowest BCUT2D eigenvalue weighted by Gasteiger charge is -2.22. The number of rotatable bonds is 6. The second-order valence-corrected chi connectivity index (χ2v) is 5.30. The quantitative estimate of drug-likeness (QED) is 0.840. The van der Waals surface area contributed by atoms with Gasteiger partial charge in [-0.3, -0.25) is 4.79 Å². The van der Waals surface area contributed by atoms with E-state index in [-0.39, 0.29) is 5.91 Å². The summed E-state index contributed by atoms with van der Waals surface area (Å²) in [5.74, 6) is 0.567. The van der Waals surface area contributed by atoms with Gasteiger partial charge in [-0.15, -0.1) is 0 Å². The number of ether oxygens (including phenoxy) is 1. The van der Waals surface area contributed by atoms with Crippen LogP contribution in [0.15, 0.2) is 24.3 Å². The van der Waals surface area contributed by atoms with Crippen molar-refractivity contribution in [1.29, 1.82) is 0 Å². The highest BCUT2D eigenvalue weighted by Crippen LogP contribution is 2.16. The molecule has 1 atom stereocenters. The van der Waals surface area contributed by atoms with Gasteiger partial charge in [0.2, 0.25) is 0 Å². The number of hydrogen-bond donors (Lipinski definition) is 2. The SMILES string of the molecule is CCCNC(=O)c1cccc(NCC2CCCOC2)c1. The molecule has 20 heavy (non-hydrogen) atoms. The molecule has 1 saturated heterocycles. The molecule has 2 N–H and O–H groups in total. The van der Waals surface area contributed by atoms with Crippen molar-refractivity contribution in [3.05, 3.63) is 29.8 Å². The lowest BCUT2D eigenvalue weighted by Crippen LogP contribution is -2.25. The molecule has 0 aliphatic carbocycles. The van der Waals surface area contributed by atoms with Gasteiger partial charge in [0.15, 0.2) is 0 Å². The molecule has 2 rings (SSSR count).